The molecule has 1 aliphatic rings. The molecule has 4 heteroatoms. The molecule has 0 bridgehead atoms. The normalized spacial score (nSPS) is 21.2. The molecular formula is C8H10F2O2. The zero-order valence-electron chi connectivity index (χ0n) is 6.68. The van der Waals surface area contributed by atoms with Crippen LogP contribution in [-0.2, 0) is 4.79 Å². The molecule has 0 aromatic rings. The Morgan fingerprint density at radius 2 is 2.08 bits per heavy atom. The predicted octanol–water partition coefficient (Wildman–Crippen LogP) is 2.06. The second kappa shape index (κ2) is 2.84. The monoisotopic (exact) mass is 176 g/mol. The van der Waals surface area contributed by atoms with Crippen LogP contribution in [0.2, 0.25) is 0 Å². The van der Waals surface area contributed by atoms with Gasteiger partial charge < -0.3 is 5.11 Å². The molecule has 0 radical (unpaired) electrons. The molecule has 0 saturated heterocycles. The van der Waals surface area contributed by atoms with Crippen molar-refractivity contribution in [3.63, 3.8) is 0 Å². The first-order valence-electron chi connectivity index (χ1n) is 3.69. The lowest BCUT2D eigenvalue weighted by Crippen LogP contribution is -2.09. The van der Waals surface area contributed by atoms with Gasteiger partial charge >= 0.3 is 0 Å². The zero-order valence-corrected chi connectivity index (χ0v) is 6.68. The molecule has 0 aromatic carbocycles. The van der Waals surface area contributed by atoms with Gasteiger partial charge in [-0.05, 0) is 12.8 Å². The van der Waals surface area contributed by atoms with Gasteiger partial charge in [0.2, 0.25) is 5.78 Å². The third-order valence-corrected chi connectivity index (χ3v) is 2.11. The van der Waals surface area contributed by atoms with Gasteiger partial charge in [-0.25, -0.2) is 8.78 Å². The Labute approximate surface area is 68.9 Å². The van der Waals surface area contributed by atoms with Crippen molar-refractivity contribution in [2.75, 3.05) is 0 Å². The highest BCUT2D eigenvalue weighted by Gasteiger charge is 2.42. The van der Waals surface area contributed by atoms with Crippen LogP contribution in [0.1, 0.15) is 19.8 Å². The van der Waals surface area contributed by atoms with E-state index in [9.17, 15) is 18.7 Å². The van der Waals surface area contributed by atoms with Crippen molar-refractivity contribution < 1.29 is 18.7 Å². The van der Waals surface area contributed by atoms with Gasteiger partial charge in [-0.2, -0.15) is 0 Å². The van der Waals surface area contributed by atoms with E-state index >= 15 is 0 Å². The number of hydrogen-bond donors (Lipinski definition) is 1. The smallest absolute Gasteiger partial charge is 0.300 e. The maximum atomic E-state index is 11.7. The van der Waals surface area contributed by atoms with Gasteiger partial charge in [0.1, 0.15) is 5.76 Å². The number of aliphatic hydroxyl groups is 1. The number of allylic oxidation sites excluding steroid dienone is 2. The van der Waals surface area contributed by atoms with Crippen LogP contribution in [0.25, 0.3) is 0 Å². The van der Waals surface area contributed by atoms with E-state index in [1.54, 1.807) is 6.92 Å². The number of hydrogen-bond acceptors (Lipinski definition) is 2. The summed E-state index contributed by atoms with van der Waals surface area (Å²) in [5.41, 5.74) is -0.412. The van der Waals surface area contributed by atoms with Gasteiger partial charge in [0, 0.05) is 11.5 Å². The Hall–Kier alpha value is -0.930. The van der Waals surface area contributed by atoms with Crippen molar-refractivity contribution in [2.45, 2.75) is 26.2 Å². The van der Waals surface area contributed by atoms with Gasteiger partial charge in [0.05, 0.1) is 0 Å². The Bertz CT molecular complexity index is 229. The summed E-state index contributed by atoms with van der Waals surface area (Å²) in [4.78, 5) is 10.4. The van der Waals surface area contributed by atoms with Crippen LogP contribution in [-0.4, -0.2) is 17.3 Å². The largest absolute Gasteiger partial charge is 0.512 e. The lowest BCUT2D eigenvalue weighted by molar-refractivity contribution is -0.124. The molecule has 68 valence electrons. The van der Waals surface area contributed by atoms with E-state index in [2.05, 4.69) is 0 Å². The Balaban J connectivity index is 2.62. The van der Waals surface area contributed by atoms with Gasteiger partial charge in [-0.3, -0.25) is 4.79 Å². The maximum absolute atomic E-state index is 11.7. The average molecular weight is 176 g/mol. The second-order valence-corrected chi connectivity index (χ2v) is 3.29. The van der Waals surface area contributed by atoms with E-state index in [0.717, 1.165) is 12.8 Å². The summed E-state index contributed by atoms with van der Waals surface area (Å²) >= 11 is 0. The first-order valence-corrected chi connectivity index (χ1v) is 3.69. The fraction of sp³-hybridized carbons (Fsp3) is 0.625. The molecule has 1 fully saturated rings. The van der Waals surface area contributed by atoms with Crippen LogP contribution < -0.4 is 0 Å². The van der Waals surface area contributed by atoms with Gasteiger partial charge in [0.25, 0.3) is 6.43 Å². The molecule has 0 amide bonds. The molecule has 0 aromatic heterocycles. The molecule has 1 rings (SSSR count). The van der Waals surface area contributed by atoms with Gasteiger partial charge in [-0.1, -0.05) is 6.92 Å². The minimum atomic E-state index is -3.02. The van der Waals surface area contributed by atoms with Crippen LogP contribution in [0.5, 0.6) is 0 Å². The third kappa shape index (κ3) is 1.81. The number of alkyl halides is 2. The molecular weight excluding hydrogens is 166 g/mol. The Morgan fingerprint density at radius 3 is 2.42 bits per heavy atom. The Kier molecular flexibility index (Phi) is 2.17. The molecule has 0 aliphatic heterocycles. The topological polar surface area (TPSA) is 37.3 Å². The zero-order chi connectivity index (χ0) is 9.35. The van der Waals surface area contributed by atoms with Gasteiger partial charge in [0.15, 0.2) is 0 Å². The summed E-state index contributed by atoms with van der Waals surface area (Å²) < 4.78 is 23.4. The SMILES string of the molecule is CC1(C(O)=CC(=O)C(F)F)CC1. The molecule has 0 heterocycles. The number of halogens is 2. The molecule has 1 saturated carbocycles. The van der Waals surface area contributed by atoms with Crippen molar-refractivity contribution in [3.8, 4) is 0 Å². The van der Waals surface area contributed by atoms with Crippen molar-refractivity contribution in [1.82, 2.24) is 0 Å². The summed E-state index contributed by atoms with van der Waals surface area (Å²) in [5, 5.41) is 9.17. The Morgan fingerprint density at radius 1 is 1.58 bits per heavy atom. The van der Waals surface area contributed by atoms with Crippen molar-refractivity contribution in [3.05, 3.63) is 11.8 Å². The molecule has 12 heavy (non-hydrogen) atoms. The lowest BCUT2D eigenvalue weighted by atomic mass is 10.1. The number of aliphatic hydroxyl groups excluding tert-OH is 1. The van der Waals surface area contributed by atoms with E-state index < -0.39 is 17.6 Å². The minimum absolute atomic E-state index is 0.215. The van der Waals surface area contributed by atoms with Crippen LogP contribution in [0.4, 0.5) is 8.78 Å². The maximum Gasteiger partial charge on any atom is 0.300 e. The highest BCUT2D eigenvalue weighted by atomic mass is 19.3. The van der Waals surface area contributed by atoms with E-state index in [0.29, 0.717) is 6.08 Å². The fourth-order valence-electron chi connectivity index (χ4n) is 0.816. The molecule has 1 aliphatic carbocycles. The standard InChI is InChI=1S/C8H10F2O2/c1-8(2-3-8)6(12)4-5(11)7(9)10/h4,7,12H,2-3H2,1H3. The fourth-order valence-corrected chi connectivity index (χ4v) is 0.816. The van der Waals surface area contributed by atoms with Crippen molar-refractivity contribution in [2.24, 2.45) is 5.41 Å². The first-order chi connectivity index (χ1) is 5.46. The molecule has 0 atom stereocenters. The molecule has 2 nitrogen and oxygen atoms in total. The van der Waals surface area contributed by atoms with E-state index in [1.165, 1.54) is 0 Å². The minimum Gasteiger partial charge on any atom is -0.512 e. The van der Waals surface area contributed by atoms with Crippen LogP contribution in [0, 0.1) is 5.41 Å². The van der Waals surface area contributed by atoms with Crippen molar-refractivity contribution >= 4 is 5.78 Å². The summed E-state index contributed by atoms with van der Waals surface area (Å²) in [7, 11) is 0. The van der Waals surface area contributed by atoms with Crippen molar-refractivity contribution in [1.29, 1.82) is 0 Å². The lowest BCUT2D eigenvalue weighted by Gasteiger charge is -2.05. The predicted molar refractivity (Wildman–Crippen MR) is 39.1 cm³/mol. The number of carbonyl (C=O) groups is 1. The summed E-state index contributed by atoms with van der Waals surface area (Å²) in [6, 6.07) is 0. The quantitative estimate of drug-likeness (QED) is 0.528. The van der Waals surface area contributed by atoms with Crippen LogP contribution in [0.15, 0.2) is 11.8 Å². The second-order valence-electron chi connectivity index (χ2n) is 3.29. The summed E-state index contributed by atoms with van der Waals surface area (Å²) in [5.74, 6) is -1.53. The average Bonchev–Trinajstić information content (AvgIpc) is 2.69. The van der Waals surface area contributed by atoms with Gasteiger partial charge in [-0.15, -0.1) is 0 Å². The number of rotatable bonds is 3. The number of carbonyl (C=O) groups excluding carboxylic acids is 1. The highest BCUT2D eigenvalue weighted by Crippen LogP contribution is 2.50. The van der Waals surface area contributed by atoms with Crippen LogP contribution >= 0.6 is 0 Å². The van der Waals surface area contributed by atoms with Crippen LogP contribution in [0.3, 0.4) is 0 Å². The van der Waals surface area contributed by atoms with E-state index in [4.69, 9.17) is 0 Å². The van der Waals surface area contributed by atoms with E-state index in [1.807, 2.05) is 0 Å². The first kappa shape index (κ1) is 9.16. The highest BCUT2D eigenvalue weighted by molar-refractivity contribution is 5.92. The number of ketones is 1. The molecule has 1 N–H and O–H groups in total. The molecule has 0 unspecified atom stereocenters. The summed E-state index contributed by atoms with van der Waals surface area (Å²) in [6.07, 6.45) is -0.871. The van der Waals surface area contributed by atoms with E-state index in [-0.39, 0.29) is 5.76 Å². The third-order valence-electron chi connectivity index (χ3n) is 2.11. The summed E-state index contributed by atoms with van der Waals surface area (Å²) in [6.45, 7) is 1.73. The molecule has 0 spiro atoms.